The Hall–Kier alpha value is -2.17. The molecule has 2 nitrogen and oxygen atoms in total. The quantitative estimate of drug-likeness (QED) is 0.297. The van der Waals surface area contributed by atoms with E-state index in [1.165, 1.54) is 22.3 Å². The maximum Gasteiger partial charge on any atom is 0.227 e. The summed E-state index contributed by atoms with van der Waals surface area (Å²) in [6, 6.07) is 30.1. The van der Waals surface area contributed by atoms with Crippen LogP contribution in [-0.2, 0) is 22.8 Å². The van der Waals surface area contributed by atoms with Gasteiger partial charge < -0.3 is 4.90 Å². The van der Waals surface area contributed by atoms with Crippen LogP contribution in [0.1, 0.15) is 42.5 Å². The zero-order valence-corrected chi connectivity index (χ0v) is 22.1. The van der Waals surface area contributed by atoms with Crippen molar-refractivity contribution in [3.05, 3.63) is 107 Å². The van der Waals surface area contributed by atoms with Gasteiger partial charge >= 0.3 is 0 Å². The summed E-state index contributed by atoms with van der Waals surface area (Å²) in [6.45, 7) is 7.44. The Morgan fingerprint density at radius 2 is 1.41 bits per heavy atom. The molecule has 3 aromatic rings. The lowest BCUT2D eigenvalue weighted by Crippen LogP contribution is -2.45. The van der Waals surface area contributed by atoms with E-state index in [0.717, 1.165) is 23.7 Å². The summed E-state index contributed by atoms with van der Waals surface area (Å²) in [5.41, 5.74) is 5.13. The van der Waals surface area contributed by atoms with Gasteiger partial charge in [-0.3, -0.25) is 4.79 Å². The number of aryl methyl sites for hydroxylation is 1. The molecular formula is C30H35NOS2. The molecule has 0 bridgehead atoms. The monoisotopic (exact) mass is 489 g/mol. The molecule has 1 fully saturated rings. The SMILES string of the molecule is Cc1ccc(CN2C(=O)C(CSCc3ccccc3)CC2C(C)(C)SCc2ccccc2)cc1. The summed E-state index contributed by atoms with van der Waals surface area (Å²) in [6.07, 6.45) is 0.932. The molecule has 0 spiro atoms. The number of likely N-dealkylation sites (tertiary alicyclic amines) is 1. The molecule has 0 radical (unpaired) electrons. The van der Waals surface area contributed by atoms with Crippen LogP contribution in [0.25, 0.3) is 0 Å². The second-order valence-electron chi connectivity index (χ2n) is 9.78. The van der Waals surface area contributed by atoms with Gasteiger partial charge in [0.1, 0.15) is 0 Å². The van der Waals surface area contributed by atoms with Gasteiger partial charge in [0.2, 0.25) is 5.91 Å². The maximum atomic E-state index is 13.7. The Morgan fingerprint density at radius 3 is 2.03 bits per heavy atom. The van der Waals surface area contributed by atoms with Gasteiger partial charge in [0.15, 0.2) is 0 Å². The lowest BCUT2D eigenvalue weighted by Gasteiger charge is -2.37. The van der Waals surface area contributed by atoms with Gasteiger partial charge in [0, 0.05) is 40.5 Å². The molecular weight excluding hydrogens is 454 g/mol. The number of amides is 1. The van der Waals surface area contributed by atoms with E-state index >= 15 is 0 Å². The summed E-state index contributed by atoms with van der Waals surface area (Å²) in [4.78, 5) is 15.8. The Kier molecular flexibility index (Phi) is 8.44. The first-order valence-electron chi connectivity index (χ1n) is 12.1. The van der Waals surface area contributed by atoms with E-state index in [4.69, 9.17) is 0 Å². The third kappa shape index (κ3) is 6.49. The van der Waals surface area contributed by atoms with Gasteiger partial charge in [-0.2, -0.15) is 11.8 Å². The number of hydrogen-bond donors (Lipinski definition) is 0. The van der Waals surface area contributed by atoms with E-state index in [0.29, 0.717) is 12.5 Å². The molecule has 4 rings (SSSR count). The van der Waals surface area contributed by atoms with Crippen molar-refractivity contribution in [2.75, 3.05) is 5.75 Å². The highest BCUT2D eigenvalue weighted by Crippen LogP contribution is 2.42. The first-order chi connectivity index (χ1) is 16.4. The molecule has 178 valence electrons. The van der Waals surface area contributed by atoms with E-state index in [-0.39, 0.29) is 16.7 Å². The average molecular weight is 490 g/mol. The lowest BCUT2D eigenvalue weighted by atomic mass is 9.97. The number of nitrogens with zero attached hydrogens (tertiary/aromatic N) is 1. The van der Waals surface area contributed by atoms with Crippen molar-refractivity contribution in [3.63, 3.8) is 0 Å². The van der Waals surface area contributed by atoms with Crippen LogP contribution in [0.5, 0.6) is 0 Å². The van der Waals surface area contributed by atoms with Crippen molar-refractivity contribution in [3.8, 4) is 0 Å². The zero-order chi connectivity index (χ0) is 24.0. The van der Waals surface area contributed by atoms with Crippen molar-refractivity contribution < 1.29 is 4.79 Å². The number of thioether (sulfide) groups is 2. The summed E-state index contributed by atoms with van der Waals surface area (Å²) in [5, 5.41) is 0. The molecule has 0 saturated carbocycles. The molecule has 0 aromatic heterocycles. The van der Waals surface area contributed by atoms with Crippen LogP contribution < -0.4 is 0 Å². The minimum atomic E-state index is -0.0327. The normalized spacial score (nSPS) is 18.4. The fraction of sp³-hybridized carbons (Fsp3) is 0.367. The van der Waals surface area contributed by atoms with Gasteiger partial charge in [-0.25, -0.2) is 0 Å². The van der Waals surface area contributed by atoms with Gasteiger partial charge in [-0.15, -0.1) is 11.8 Å². The van der Waals surface area contributed by atoms with E-state index < -0.39 is 0 Å². The fourth-order valence-corrected chi connectivity index (χ4v) is 6.85. The minimum Gasteiger partial charge on any atom is -0.334 e. The van der Waals surface area contributed by atoms with Crippen LogP contribution in [0.4, 0.5) is 0 Å². The molecule has 1 heterocycles. The van der Waals surface area contributed by atoms with Gasteiger partial charge in [0.25, 0.3) is 0 Å². The molecule has 0 aliphatic carbocycles. The first-order valence-corrected chi connectivity index (χ1v) is 14.2. The second-order valence-corrected chi connectivity index (χ2v) is 12.4. The number of carbonyl (C=O) groups is 1. The average Bonchev–Trinajstić information content (AvgIpc) is 3.16. The highest BCUT2D eigenvalue weighted by Gasteiger charge is 2.46. The van der Waals surface area contributed by atoms with Crippen LogP contribution in [0, 0.1) is 12.8 Å². The van der Waals surface area contributed by atoms with E-state index in [1.54, 1.807) is 0 Å². The van der Waals surface area contributed by atoms with Crippen LogP contribution in [0.3, 0.4) is 0 Å². The fourth-order valence-electron chi connectivity index (χ4n) is 4.60. The Labute approximate surface area is 213 Å². The van der Waals surface area contributed by atoms with Gasteiger partial charge in [-0.05, 0) is 43.9 Å². The Bertz CT molecular complexity index is 1050. The number of rotatable bonds is 10. The molecule has 34 heavy (non-hydrogen) atoms. The third-order valence-corrected chi connectivity index (χ3v) is 9.35. The molecule has 1 saturated heterocycles. The number of hydrogen-bond acceptors (Lipinski definition) is 3. The van der Waals surface area contributed by atoms with Crippen molar-refractivity contribution in [1.29, 1.82) is 0 Å². The zero-order valence-electron chi connectivity index (χ0n) is 20.4. The predicted molar refractivity (Wildman–Crippen MR) is 148 cm³/mol. The Balaban J connectivity index is 1.47. The molecule has 4 heteroatoms. The topological polar surface area (TPSA) is 20.3 Å². The smallest absolute Gasteiger partial charge is 0.227 e. The summed E-state index contributed by atoms with van der Waals surface area (Å²) < 4.78 is -0.0327. The van der Waals surface area contributed by atoms with Crippen molar-refractivity contribution in [1.82, 2.24) is 4.90 Å². The highest BCUT2D eigenvalue weighted by molar-refractivity contribution is 7.99. The Morgan fingerprint density at radius 1 is 0.824 bits per heavy atom. The second kappa shape index (κ2) is 11.5. The van der Waals surface area contributed by atoms with Crippen molar-refractivity contribution >= 4 is 29.4 Å². The summed E-state index contributed by atoms with van der Waals surface area (Å²) in [7, 11) is 0. The van der Waals surface area contributed by atoms with E-state index in [2.05, 4.69) is 111 Å². The molecule has 2 unspecified atom stereocenters. The van der Waals surface area contributed by atoms with Crippen molar-refractivity contribution in [2.45, 2.75) is 56.0 Å². The standard InChI is InChI=1S/C30H35NOS2/c1-23-14-16-24(17-15-23)19-31-28(30(2,3)34-21-26-12-8-5-9-13-26)18-27(29(31)32)22-33-20-25-10-6-4-7-11-25/h4-17,27-28H,18-22H2,1-3H3. The van der Waals surface area contributed by atoms with Crippen LogP contribution in [0.15, 0.2) is 84.9 Å². The van der Waals surface area contributed by atoms with E-state index in [1.807, 2.05) is 23.5 Å². The molecule has 2 atom stereocenters. The van der Waals surface area contributed by atoms with Crippen LogP contribution in [-0.4, -0.2) is 27.3 Å². The molecule has 1 aliphatic rings. The summed E-state index contributed by atoms with van der Waals surface area (Å²) >= 11 is 3.86. The van der Waals surface area contributed by atoms with Gasteiger partial charge in [0.05, 0.1) is 0 Å². The number of carbonyl (C=O) groups excluding carboxylic acids is 1. The molecule has 0 N–H and O–H groups in total. The minimum absolute atomic E-state index is 0.0327. The predicted octanol–water partition coefficient (Wildman–Crippen LogP) is 7.36. The van der Waals surface area contributed by atoms with Gasteiger partial charge in [-0.1, -0.05) is 90.5 Å². The molecule has 3 aromatic carbocycles. The highest BCUT2D eigenvalue weighted by atomic mass is 32.2. The lowest BCUT2D eigenvalue weighted by molar-refractivity contribution is -0.132. The molecule has 1 amide bonds. The van der Waals surface area contributed by atoms with Crippen LogP contribution >= 0.6 is 23.5 Å². The first kappa shape index (κ1) is 24.9. The largest absolute Gasteiger partial charge is 0.334 e. The van der Waals surface area contributed by atoms with Crippen molar-refractivity contribution in [2.24, 2.45) is 5.92 Å². The molecule has 1 aliphatic heterocycles. The summed E-state index contributed by atoms with van der Waals surface area (Å²) in [5.74, 6) is 3.21. The number of benzene rings is 3. The maximum absolute atomic E-state index is 13.7. The van der Waals surface area contributed by atoms with E-state index in [9.17, 15) is 4.79 Å². The third-order valence-electron chi connectivity index (χ3n) is 6.68. The van der Waals surface area contributed by atoms with Crippen LogP contribution in [0.2, 0.25) is 0 Å².